The van der Waals surface area contributed by atoms with Crippen LogP contribution in [0.3, 0.4) is 0 Å². The number of nitrogens with zero attached hydrogens (tertiary/aromatic N) is 1. The monoisotopic (exact) mass is 409 g/mol. The second kappa shape index (κ2) is 7.82. The third-order valence-corrected chi connectivity index (χ3v) is 4.51. The topological polar surface area (TPSA) is 121 Å². The SMILES string of the molecule is CCS(=O)(=O)Nc1cc(Br)cnc1OCCC(C)(C)OC(N)=O. The number of anilines is 1. The van der Waals surface area contributed by atoms with Crippen LogP contribution in [0, 0.1) is 0 Å². The molecule has 0 radical (unpaired) electrons. The number of carbonyl (C=O) groups is 1. The number of amides is 1. The van der Waals surface area contributed by atoms with Crippen LogP contribution in [0.25, 0.3) is 0 Å². The molecule has 0 saturated heterocycles. The molecule has 0 fully saturated rings. The van der Waals surface area contributed by atoms with E-state index in [0.717, 1.165) is 0 Å². The van der Waals surface area contributed by atoms with Crippen molar-refractivity contribution in [3.8, 4) is 5.88 Å². The van der Waals surface area contributed by atoms with Gasteiger partial charge in [0.2, 0.25) is 15.9 Å². The van der Waals surface area contributed by atoms with Crippen molar-refractivity contribution < 1.29 is 22.7 Å². The summed E-state index contributed by atoms with van der Waals surface area (Å²) in [5.74, 6) is 0.0680. The Bertz CT molecular complexity index is 664. The summed E-state index contributed by atoms with van der Waals surface area (Å²) in [6, 6.07) is 1.56. The van der Waals surface area contributed by atoms with Gasteiger partial charge >= 0.3 is 6.09 Å². The summed E-state index contributed by atoms with van der Waals surface area (Å²) in [6.07, 6.45) is 0.978. The predicted octanol–water partition coefficient (Wildman–Crippen LogP) is 2.25. The Labute approximate surface area is 143 Å². The van der Waals surface area contributed by atoms with Gasteiger partial charge in [-0.05, 0) is 42.8 Å². The van der Waals surface area contributed by atoms with Gasteiger partial charge in [-0.2, -0.15) is 0 Å². The van der Waals surface area contributed by atoms with Crippen molar-refractivity contribution in [2.24, 2.45) is 5.73 Å². The molecule has 1 heterocycles. The molecule has 1 rings (SSSR count). The van der Waals surface area contributed by atoms with E-state index >= 15 is 0 Å². The van der Waals surface area contributed by atoms with Crippen molar-refractivity contribution in [1.82, 2.24) is 4.98 Å². The largest absolute Gasteiger partial charge is 0.476 e. The maximum absolute atomic E-state index is 11.7. The van der Waals surface area contributed by atoms with E-state index in [1.54, 1.807) is 19.9 Å². The molecule has 23 heavy (non-hydrogen) atoms. The molecule has 0 aromatic carbocycles. The van der Waals surface area contributed by atoms with E-state index in [2.05, 4.69) is 25.6 Å². The number of sulfonamides is 1. The summed E-state index contributed by atoms with van der Waals surface area (Å²) >= 11 is 3.23. The van der Waals surface area contributed by atoms with E-state index in [1.807, 2.05) is 0 Å². The van der Waals surface area contributed by atoms with E-state index in [4.69, 9.17) is 15.2 Å². The first-order chi connectivity index (χ1) is 10.5. The van der Waals surface area contributed by atoms with Crippen LogP contribution in [0.4, 0.5) is 10.5 Å². The number of primary amides is 1. The smallest absolute Gasteiger partial charge is 0.405 e. The van der Waals surface area contributed by atoms with Crippen LogP contribution >= 0.6 is 15.9 Å². The average molecular weight is 410 g/mol. The zero-order valence-electron chi connectivity index (χ0n) is 13.1. The highest BCUT2D eigenvalue weighted by molar-refractivity contribution is 9.10. The van der Waals surface area contributed by atoms with Gasteiger partial charge < -0.3 is 15.2 Å². The zero-order chi connectivity index (χ0) is 17.7. The molecule has 130 valence electrons. The molecule has 0 spiro atoms. The number of hydrogen-bond donors (Lipinski definition) is 2. The first-order valence-corrected chi connectivity index (χ1v) is 9.26. The van der Waals surface area contributed by atoms with Gasteiger partial charge in [0.15, 0.2) is 0 Å². The second-order valence-electron chi connectivity index (χ2n) is 5.29. The normalized spacial score (nSPS) is 11.8. The third-order valence-electron chi connectivity index (χ3n) is 2.78. The maximum atomic E-state index is 11.7. The molecular formula is C13H20BrN3O5S. The van der Waals surface area contributed by atoms with Crippen LogP contribution in [0.1, 0.15) is 27.2 Å². The quantitative estimate of drug-likeness (QED) is 0.678. The van der Waals surface area contributed by atoms with Gasteiger partial charge in [0.1, 0.15) is 11.3 Å². The fourth-order valence-corrected chi connectivity index (χ4v) is 2.53. The molecule has 0 aliphatic rings. The Balaban J connectivity index is 2.79. The minimum Gasteiger partial charge on any atom is -0.476 e. The van der Waals surface area contributed by atoms with Crippen LogP contribution in [0.2, 0.25) is 0 Å². The Morgan fingerprint density at radius 2 is 2.13 bits per heavy atom. The molecule has 10 heteroatoms. The Kier molecular flexibility index (Phi) is 6.63. The van der Waals surface area contributed by atoms with Crippen molar-refractivity contribution in [2.75, 3.05) is 17.1 Å². The number of nitrogens with one attached hydrogen (secondary N) is 1. The van der Waals surface area contributed by atoms with Crippen LogP contribution < -0.4 is 15.2 Å². The fourth-order valence-electron chi connectivity index (χ4n) is 1.57. The Hall–Kier alpha value is -1.55. The van der Waals surface area contributed by atoms with Crippen LogP contribution in [0.15, 0.2) is 16.7 Å². The van der Waals surface area contributed by atoms with Crippen LogP contribution in [0.5, 0.6) is 5.88 Å². The molecule has 0 aliphatic heterocycles. The van der Waals surface area contributed by atoms with E-state index in [1.165, 1.54) is 13.1 Å². The summed E-state index contributed by atoms with van der Waals surface area (Å²) < 4.78 is 36.9. The third kappa shape index (κ3) is 7.04. The molecular weight excluding hydrogens is 390 g/mol. The first-order valence-electron chi connectivity index (χ1n) is 6.82. The molecule has 8 nitrogen and oxygen atoms in total. The highest BCUT2D eigenvalue weighted by Crippen LogP contribution is 2.27. The number of carbonyl (C=O) groups excluding carboxylic acids is 1. The standard InChI is InChI=1S/C13H20BrN3O5S/c1-4-23(19,20)17-10-7-9(14)8-16-11(10)21-6-5-13(2,3)22-12(15)18/h7-8,17H,4-6H2,1-3H3,(H2,15,18). The van der Waals surface area contributed by atoms with E-state index in [-0.39, 0.29) is 23.9 Å². The minimum absolute atomic E-state index is 0.0710. The van der Waals surface area contributed by atoms with Gasteiger partial charge in [0, 0.05) is 17.1 Å². The van der Waals surface area contributed by atoms with Gasteiger partial charge in [-0.1, -0.05) is 0 Å². The van der Waals surface area contributed by atoms with Gasteiger partial charge in [0.05, 0.1) is 12.4 Å². The van der Waals surface area contributed by atoms with Gasteiger partial charge in [-0.25, -0.2) is 18.2 Å². The van der Waals surface area contributed by atoms with Crippen LogP contribution in [-0.4, -0.2) is 37.5 Å². The molecule has 1 aromatic heterocycles. The first kappa shape index (κ1) is 19.5. The van der Waals surface area contributed by atoms with E-state index in [9.17, 15) is 13.2 Å². The Morgan fingerprint density at radius 3 is 2.70 bits per heavy atom. The zero-order valence-corrected chi connectivity index (χ0v) is 15.5. The lowest BCUT2D eigenvalue weighted by atomic mass is 10.1. The number of nitrogens with two attached hydrogens (primary N) is 1. The molecule has 0 unspecified atom stereocenters. The minimum atomic E-state index is -3.46. The highest BCUT2D eigenvalue weighted by atomic mass is 79.9. The van der Waals surface area contributed by atoms with E-state index in [0.29, 0.717) is 10.9 Å². The lowest BCUT2D eigenvalue weighted by molar-refractivity contribution is 0.0289. The molecule has 3 N–H and O–H groups in total. The van der Waals surface area contributed by atoms with Gasteiger partial charge in [-0.3, -0.25) is 4.72 Å². The number of rotatable bonds is 8. The highest BCUT2D eigenvalue weighted by Gasteiger charge is 2.22. The lowest BCUT2D eigenvalue weighted by Crippen LogP contribution is -2.32. The van der Waals surface area contributed by atoms with Gasteiger partial charge in [0.25, 0.3) is 0 Å². The van der Waals surface area contributed by atoms with Crippen molar-refractivity contribution in [1.29, 1.82) is 0 Å². The molecule has 1 aromatic rings. The number of pyridine rings is 1. The number of aromatic nitrogens is 1. The number of halogens is 1. The summed E-state index contributed by atoms with van der Waals surface area (Å²) in [7, 11) is -3.46. The lowest BCUT2D eigenvalue weighted by Gasteiger charge is -2.23. The van der Waals surface area contributed by atoms with E-state index < -0.39 is 21.7 Å². The summed E-state index contributed by atoms with van der Waals surface area (Å²) in [5.41, 5.74) is 4.42. The fraction of sp³-hybridized carbons (Fsp3) is 0.538. The van der Waals surface area contributed by atoms with Crippen molar-refractivity contribution in [3.05, 3.63) is 16.7 Å². The van der Waals surface area contributed by atoms with Crippen molar-refractivity contribution in [3.63, 3.8) is 0 Å². The predicted molar refractivity (Wildman–Crippen MR) is 89.9 cm³/mol. The average Bonchev–Trinajstić information content (AvgIpc) is 2.39. The molecule has 0 bridgehead atoms. The van der Waals surface area contributed by atoms with Crippen molar-refractivity contribution in [2.45, 2.75) is 32.8 Å². The number of ether oxygens (including phenoxy) is 2. The summed E-state index contributed by atoms with van der Waals surface area (Å²) in [5, 5.41) is 0. The van der Waals surface area contributed by atoms with Crippen molar-refractivity contribution >= 4 is 37.7 Å². The second-order valence-corrected chi connectivity index (χ2v) is 8.22. The molecule has 0 atom stereocenters. The van der Waals surface area contributed by atoms with Crippen LogP contribution in [-0.2, 0) is 14.8 Å². The Morgan fingerprint density at radius 1 is 1.48 bits per heavy atom. The molecule has 0 saturated carbocycles. The molecule has 0 aliphatic carbocycles. The molecule has 1 amide bonds. The summed E-state index contributed by atoms with van der Waals surface area (Å²) in [6.45, 7) is 5.07. The maximum Gasteiger partial charge on any atom is 0.405 e. The number of hydrogen-bond acceptors (Lipinski definition) is 6. The summed E-state index contributed by atoms with van der Waals surface area (Å²) in [4.78, 5) is 14.8. The van der Waals surface area contributed by atoms with Gasteiger partial charge in [-0.15, -0.1) is 0 Å².